The molecule has 0 saturated heterocycles. The summed E-state index contributed by atoms with van der Waals surface area (Å²) >= 11 is 0. The van der Waals surface area contributed by atoms with E-state index in [1.807, 2.05) is 48.5 Å². The molecule has 0 fully saturated rings. The molecule has 3 aromatic rings. The topological polar surface area (TPSA) is 61.8 Å². The first kappa shape index (κ1) is 40.3. The van der Waals surface area contributed by atoms with Crippen LogP contribution >= 0.6 is 0 Å². The minimum Gasteiger partial charge on any atom is -0.494 e. The summed E-state index contributed by atoms with van der Waals surface area (Å²) in [7, 11) is 0. The van der Waals surface area contributed by atoms with Crippen molar-refractivity contribution in [3.63, 3.8) is 0 Å². The van der Waals surface area contributed by atoms with Gasteiger partial charge in [0.05, 0.1) is 13.2 Å². The summed E-state index contributed by atoms with van der Waals surface area (Å²) in [6, 6.07) is 22.0. The van der Waals surface area contributed by atoms with Crippen molar-refractivity contribution >= 4 is 23.9 Å². The van der Waals surface area contributed by atoms with E-state index >= 15 is 0 Å². The van der Waals surface area contributed by atoms with Gasteiger partial charge in [0.2, 0.25) is 0 Å². The maximum Gasteiger partial charge on any atom is 0.336 e. The second-order valence-corrected chi connectivity index (χ2v) is 13.1. The van der Waals surface area contributed by atoms with E-state index in [-0.39, 0.29) is 5.78 Å². The number of benzene rings is 3. The molecule has 270 valence electrons. The molecule has 3 aromatic carbocycles. The summed E-state index contributed by atoms with van der Waals surface area (Å²) in [5.41, 5.74) is 2.32. The summed E-state index contributed by atoms with van der Waals surface area (Å²) in [5.74, 6) is 1.44. The van der Waals surface area contributed by atoms with E-state index in [0.717, 1.165) is 48.7 Å². The molecule has 0 aliphatic carbocycles. The van der Waals surface area contributed by atoms with Gasteiger partial charge in [0, 0.05) is 11.6 Å². The Balaban J connectivity index is 1.28. The van der Waals surface area contributed by atoms with E-state index in [1.165, 1.54) is 102 Å². The number of unbranched alkanes of at least 4 members (excludes halogenated alkanes) is 15. The van der Waals surface area contributed by atoms with Crippen molar-refractivity contribution in [2.75, 3.05) is 13.2 Å². The maximum absolute atomic E-state index is 12.7. The Morgan fingerprint density at radius 2 is 0.840 bits per heavy atom. The van der Waals surface area contributed by atoms with Gasteiger partial charge in [0.1, 0.15) is 17.2 Å². The largest absolute Gasteiger partial charge is 0.494 e. The summed E-state index contributed by atoms with van der Waals surface area (Å²) in [6.45, 7) is 5.93. The van der Waals surface area contributed by atoms with Crippen molar-refractivity contribution in [1.29, 1.82) is 0 Å². The van der Waals surface area contributed by atoms with Gasteiger partial charge >= 0.3 is 5.97 Å². The van der Waals surface area contributed by atoms with E-state index in [2.05, 4.69) is 13.8 Å². The molecule has 0 aliphatic heterocycles. The highest BCUT2D eigenvalue weighted by Crippen LogP contribution is 2.18. The molecule has 0 saturated carbocycles. The first-order valence-corrected chi connectivity index (χ1v) is 19.3. The zero-order chi connectivity index (χ0) is 35.5. The van der Waals surface area contributed by atoms with Crippen molar-refractivity contribution in [3.05, 3.63) is 102 Å². The lowest BCUT2D eigenvalue weighted by Gasteiger charge is -2.07. The van der Waals surface area contributed by atoms with E-state index in [4.69, 9.17) is 14.2 Å². The van der Waals surface area contributed by atoms with Crippen LogP contribution in [0.5, 0.6) is 17.2 Å². The van der Waals surface area contributed by atoms with Crippen LogP contribution in [0.25, 0.3) is 12.2 Å². The highest BCUT2D eigenvalue weighted by molar-refractivity contribution is 6.06. The predicted octanol–water partition coefficient (Wildman–Crippen LogP) is 12.6. The predicted molar refractivity (Wildman–Crippen MR) is 208 cm³/mol. The molecule has 0 N–H and O–H groups in total. The fourth-order valence-electron chi connectivity index (χ4n) is 5.65. The van der Waals surface area contributed by atoms with E-state index in [0.29, 0.717) is 11.3 Å². The van der Waals surface area contributed by atoms with Crippen LogP contribution in [0.1, 0.15) is 144 Å². The number of rotatable bonds is 27. The van der Waals surface area contributed by atoms with Crippen LogP contribution in [0.2, 0.25) is 0 Å². The summed E-state index contributed by atoms with van der Waals surface area (Å²) in [4.78, 5) is 25.1. The Labute approximate surface area is 302 Å². The Morgan fingerprint density at radius 1 is 0.460 bits per heavy atom. The molecule has 3 rings (SSSR count). The molecule has 0 aromatic heterocycles. The van der Waals surface area contributed by atoms with Crippen LogP contribution in [0.4, 0.5) is 0 Å². The smallest absolute Gasteiger partial charge is 0.336 e. The monoisotopic (exact) mass is 680 g/mol. The molecule has 0 atom stereocenters. The van der Waals surface area contributed by atoms with Gasteiger partial charge in [-0.25, -0.2) is 4.79 Å². The fourth-order valence-corrected chi connectivity index (χ4v) is 5.65. The van der Waals surface area contributed by atoms with Gasteiger partial charge in [-0.1, -0.05) is 141 Å². The Hall–Kier alpha value is -4.12. The second-order valence-electron chi connectivity index (χ2n) is 13.1. The van der Waals surface area contributed by atoms with Crippen LogP contribution in [0.15, 0.2) is 84.9 Å². The first-order valence-electron chi connectivity index (χ1n) is 19.3. The van der Waals surface area contributed by atoms with Crippen molar-refractivity contribution in [2.24, 2.45) is 0 Å². The minimum atomic E-state index is -0.486. The molecule has 0 bridgehead atoms. The van der Waals surface area contributed by atoms with Crippen molar-refractivity contribution in [3.8, 4) is 17.2 Å². The summed E-state index contributed by atoms with van der Waals surface area (Å²) in [6.07, 6.45) is 28.4. The SMILES string of the molecule is CCCCCCCCCCCCCCOc1ccc(/C=C/C(=O)Oc2ccc(C(=O)/C=C/c3ccc(OCCCCCCC)cc3)cc2)cc1. The molecule has 0 heterocycles. The summed E-state index contributed by atoms with van der Waals surface area (Å²) < 4.78 is 17.1. The maximum atomic E-state index is 12.7. The van der Waals surface area contributed by atoms with Gasteiger partial charge in [0.25, 0.3) is 0 Å². The highest BCUT2D eigenvalue weighted by Gasteiger charge is 2.05. The van der Waals surface area contributed by atoms with Crippen LogP contribution < -0.4 is 14.2 Å². The van der Waals surface area contributed by atoms with Crippen LogP contribution in [0.3, 0.4) is 0 Å². The summed E-state index contributed by atoms with van der Waals surface area (Å²) in [5, 5.41) is 0. The van der Waals surface area contributed by atoms with Gasteiger partial charge < -0.3 is 14.2 Å². The molecule has 5 heteroatoms. The second kappa shape index (κ2) is 25.8. The molecule has 50 heavy (non-hydrogen) atoms. The average Bonchev–Trinajstić information content (AvgIpc) is 3.14. The molecule has 0 amide bonds. The molecule has 0 radical (unpaired) electrons. The van der Waals surface area contributed by atoms with Crippen LogP contribution in [-0.4, -0.2) is 25.0 Å². The lowest BCUT2D eigenvalue weighted by atomic mass is 10.1. The van der Waals surface area contributed by atoms with Gasteiger partial charge in [0.15, 0.2) is 5.78 Å². The van der Waals surface area contributed by atoms with E-state index in [9.17, 15) is 9.59 Å². The number of hydrogen-bond donors (Lipinski definition) is 0. The van der Waals surface area contributed by atoms with E-state index < -0.39 is 5.97 Å². The van der Waals surface area contributed by atoms with Crippen LogP contribution in [-0.2, 0) is 4.79 Å². The van der Waals surface area contributed by atoms with Gasteiger partial charge in [-0.05, 0) is 84.7 Å². The highest BCUT2D eigenvalue weighted by atomic mass is 16.5. The molecular weight excluding hydrogens is 620 g/mol. The Morgan fingerprint density at radius 3 is 1.28 bits per heavy atom. The Kier molecular flexibility index (Phi) is 20.8. The third kappa shape index (κ3) is 18.0. The number of carbonyl (C=O) groups is 2. The van der Waals surface area contributed by atoms with E-state index in [1.54, 1.807) is 42.5 Å². The zero-order valence-corrected chi connectivity index (χ0v) is 30.7. The minimum absolute atomic E-state index is 0.128. The van der Waals surface area contributed by atoms with Gasteiger partial charge in [-0.2, -0.15) is 0 Å². The first-order chi connectivity index (χ1) is 24.6. The number of carbonyl (C=O) groups excluding carboxylic acids is 2. The number of ketones is 1. The van der Waals surface area contributed by atoms with Crippen molar-refractivity contribution in [2.45, 2.75) is 123 Å². The molecule has 0 spiro atoms. The normalized spacial score (nSPS) is 11.3. The Bertz CT molecular complexity index is 1390. The van der Waals surface area contributed by atoms with Gasteiger partial charge in [-0.3, -0.25) is 4.79 Å². The van der Waals surface area contributed by atoms with Crippen molar-refractivity contribution in [1.82, 2.24) is 0 Å². The lowest BCUT2D eigenvalue weighted by molar-refractivity contribution is -0.128. The van der Waals surface area contributed by atoms with Crippen LogP contribution in [0, 0.1) is 0 Å². The van der Waals surface area contributed by atoms with Gasteiger partial charge in [-0.15, -0.1) is 0 Å². The third-order valence-corrected chi connectivity index (χ3v) is 8.74. The quantitative estimate of drug-likeness (QED) is 0.0264. The number of ether oxygens (including phenoxy) is 3. The molecule has 0 aliphatic rings. The van der Waals surface area contributed by atoms with Crippen molar-refractivity contribution < 1.29 is 23.8 Å². The average molecular weight is 681 g/mol. The molecular formula is C45H60O5. The lowest BCUT2D eigenvalue weighted by Crippen LogP contribution is -2.04. The standard InChI is InChI=1S/C45H60O5/c1-3-5-7-9-10-11-12-13-14-15-17-19-37-49-42-30-22-39(23-31-42)25-35-45(47)50-43-32-26-40(27-33-43)44(46)34-24-38-20-28-41(29-21-38)48-36-18-16-8-6-4-2/h20-35H,3-19,36-37H2,1-2H3/b34-24+,35-25+. The fraction of sp³-hybridized carbons (Fsp3) is 0.467. The molecule has 5 nitrogen and oxygen atoms in total. The number of esters is 1. The third-order valence-electron chi connectivity index (χ3n) is 8.74. The zero-order valence-electron chi connectivity index (χ0n) is 30.7. The molecule has 0 unspecified atom stereocenters. The number of hydrogen-bond acceptors (Lipinski definition) is 5. The number of allylic oxidation sites excluding steroid dienone is 1.